The van der Waals surface area contributed by atoms with E-state index in [1.54, 1.807) is 0 Å². The van der Waals surface area contributed by atoms with Crippen molar-refractivity contribution in [1.29, 1.82) is 0 Å². The van der Waals surface area contributed by atoms with Gasteiger partial charge in [-0.15, -0.1) is 0 Å². The topological polar surface area (TPSA) is 53.1 Å². The minimum atomic E-state index is -0.526. The number of hydrogen-bond acceptors (Lipinski definition) is 4. The standard InChI is InChI=1S/C31H35N3O3/c1-3-28(31(36)33-20-18-32(2)19-21-33)37-26-15-14-23-16-17-34(30(35)25-12-8-5-9-13-25)29(27(23)22-26)24-10-6-4-7-11-24/h4-15,22,28-29H,3,16-21H2,1-2H3. The molecule has 1 fully saturated rings. The first kappa shape index (κ1) is 25.0. The average Bonchev–Trinajstić information content (AvgIpc) is 2.95. The maximum Gasteiger partial charge on any atom is 0.263 e. The molecule has 37 heavy (non-hydrogen) atoms. The van der Waals surface area contributed by atoms with E-state index in [1.807, 2.05) is 77.4 Å². The molecule has 3 aromatic carbocycles. The largest absolute Gasteiger partial charge is 0.481 e. The summed E-state index contributed by atoms with van der Waals surface area (Å²) in [5.41, 5.74) is 4.01. The van der Waals surface area contributed by atoms with Gasteiger partial charge in [-0.2, -0.15) is 0 Å². The van der Waals surface area contributed by atoms with Crippen molar-refractivity contribution in [3.8, 4) is 5.75 Å². The third-order valence-corrected chi connectivity index (χ3v) is 7.48. The third-order valence-electron chi connectivity index (χ3n) is 7.48. The predicted octanol–water partition coefficient (Wildman–Crippen LogP) is 4.41. The van der Waals surface area contributed by atoms with Gasteiger partial charge in [0.05, 0.1) is 6.04 Å². The summed E-state index contributed by atoms with van der Waals surface area (Å²) in [7, 11) is 2.08. The molecule has 3 aromatic rings. The van der Waals surface area contributed by atoms with Crippen LogP contribution >= 0.6 is 0 Å². The maximum absolute atomic E-state index is 13.6. The van der Waals surface area contributed by atoms with Crippen molar-refractivity contribution < 1.29 is 14.3 Å². The highest BCUT2D eigenvalue weighted by molar-refractivity contribution is 5.95. The molecule has 0 spiro atoms. The second-order valence-corrected chi connectivity index (χ2v) is 9.93. The summed E-state index contributed by atoms with van der Waals surface area (Å²) in [4.78, 5) is 33.0. The molecule has 0 aromatic heterocycles. The maximum atomic E-state index is 13.6. The van der Waals surface area contributed by atoms with Gasteiger partial charge in [0.15, 0.2) is 6.10 Å². The van der Waals surface area contributed by atoms with Crippen molar-refractivity contribution >= 4 is 11.8 Å². The number of hydrogen-bond donors (Lipinski definition) is 0. The van der Waals surface area contributed by atoms with Crippen LogP contribution in [-0.4, -0.2) is 72.4 Å². The number of ether oxygens (including phenoxy) is 1. The van der Waals surface area contributed by atoms with Crippen LogP contribution in [-0.2, 0) is 11.2 Å². The van der Waals surface area contributed by atoms with Crippen molar-refractivity contribution in [3.05, 3.63) is 101 Å². The molecule has 0 bridgehead atoms. The molecule has 0 radical (unpaired) electrons. The van der Waals surface area contributed by atoms with Crippen LogP contribution in [0.3, 0.4) is 0 Å². The van der Waals surface area contributed by atoms with Gasteiger partial charge in [-0.25, -0.2) is 0 Å². The number of fused-ring (bicyclic) bond motifs is 1. The Morgan fingerprint density at radius 1 is 0.892 bits per heavy atom. The van der Waals surface area contributed by atoms with E-state index in [0.717, 1.165) is 43.7 Å². The highest BCUT2D eigenvalue weighted by Gasteiger charge is 2.33. The van der Waals surface area contributed by atoms with E-state index in [9.17, 15) is 9.59 Å². The summed E-state index contributed by atoms with van der Waals surface area (Å²) < 4.78 is 6.33. The zero-order chi connectivity index (χ0) is 25.8. The summed E-state index contributed by atoms with van der Waals surface area (Å²) in [5, 5.41) is 0. The number of piperazine rings is 1. The summed E-state index contributed by atoms with van der Waals surface area (Å²) >= 11 is 0. The van der Waals surface area contributed by atoms with Gasteiger partial charge in [0.2, 0.25) is 0 Å². The molecule has 2 heterocycles. The Balaban J connectivity index is 1.44. The fraction of sp³-hybridized carbons (Fsp3) is 0.355. The summed E-state index contributed by atoms with van der Waals surface area (Å²) in [5.74, 6) is 0.736. The molecule has 6 nitrogen and oxygen atoms in total. The highest BCUT2D eigenvalue weighted by Crippen LogP contribution is 2.38. The Morgan fingerprint density at radius 3 is 2.24 bits per heavy atom. The molecule has 1 saturated heterocycles. The Kier molecular flexibility index (Phi) is 7.56. The first-order valence-electron chi connectivity index (χ1n) is 13.2. The van der Waals surface area contributed by atoms with Crippen LogP contribution in [0.4, 0.5) is 0 Å². The quantitative estimate of drug-likeness (QED) is 0.507. The van der Waals surface area contributed by atoms with Gasteiger partial charge < -0.3 is 19.4 Å². The molecule has 2 aliphatic heterocycles. The lowest BCUT2D eigenvalue weighted by Gasteiger charge is -2.38. The van der Waals surface area contributed by atoms with Gasteiger partial charge in [0.25, 0.3) is 11.8 Å². The molecule has 2 unspecified atom stereocenters. The van der Waals surface area contributed by atoms with E-state index in [4.69, 9.17) is 4.74 Å². The van der Waals surface area contributed by atoms with Crippen molar-refractivity contribution in [1.82, 2.24) is 14.7 Å². The van der Waals surface area contributed by atoms with Crippen LogP contribution in [0.1, 0.15) is 46.4 Å². The van der Waals surface area contributed by atoms with Gasteiger partial charge in [-0.3, -0.25) is 9.59 Å². The second-order valence-electron chi connectivity index (χ2n) is 9.93. The van der Waals surface area contributed by atoms with Gasteiger partial charge in [0.1, 0.15) is 5.75 Å². The van der Waals surface area contributed by atoms with Crippen LogP contribution < -0.4 is 4.74 Å². The van der Waals surface area contributed by atoms with Gasteiger partial charge in [-0.1, -0.05) is 61.5 Å². The zero-order valence-electron chi connectivity index (χ0n) is 21.7. The SMILES string of the molecule is CCC(Oc1ccc2c(c1)C(c1ccccc1)N(C(=O)c1ccccc1)CC2)C(=O)N1CCN(C)CC1. The van der Waals surface area contributed by atoms with E-state index in [-0.39, 0.29) is 17.9 Å². The molecule has 2 amide bonds. The van der Waals surface area contributed by atoms with Crippen LogP contribution in [0.25, 0.3) is 0 Å². The second kappa shape index (κ2) is 11.2. The molecule has 0 saturated carbocycles. The number of likely N-dealkylation sites (N-methyl/N-ethyl adjacent to an activating group) is 1. The molecule has 0 aliphatic carbocycles. The molecule has 0 N–H and O–H groups in total. The minimum absolute atomic E-state index is 0.0168. The lowest BCUT2D eigenvalue weighted by molar-refractivity contribution is -0.140. The molecule has 6 heteroatoms. The van der Waals surface area contributed by atoms with E-state index < -0.39 is 6.10 Å². The first-order valence-corrected chi connectivity index (χ1v) is 13.2. The number of carbonyl (C=O) groups excluding carboxylic acids is 2. The van der Waals surface area contributed by atoms with Crippen molar-refractivity contribution in [2.45, 2.75) is 31.9 Å². The lowest BCUT2D eigenvalue weighted by atomic mass is 9.87. The number of carbonyl (C=O) groups is 2. The third kappa shape index (κ3) is 5.39. The summed E-state index contributed by atoms with van der Waals surface area (Å²) in [6, 6.07) is 25.5. The van der Waals surface area contributed by atoms with Crippen molar-refractivity contribution in [3.63, 3.8) is 0 Å². The van der Waals surface area contributed by atoms with Gasteiger partial charge >= 0.3 is 0 Å². The molecule has 2 aliphatic rings. The molecular weight excluding hydrogens is 462 g/mol. The van der Waals surface area contributed by atoms with Gasteiger partial charge in [-0.05, 0) is 60.8 Å². The number of rotatable bonds is 6. The predicted molar refractivity (Wildman–Crippen MR) is 145 cm³/mol. The average molecular weight is 498 g/mol. The normalized spacial score (nSPS) is 18.7. The van der Waals surface area contributed by atoms with E-state index in [1.165, 1.54) is 5.56 Å². The fourth-order valence-electron chi connectivity index (χ4n) is 5.33. The minimum Gasteiger partial charge on any atom is -0.481 e. The highest BCUT2D eigenvalue weighted by atomic mass is 16.5. The summed E-state index contributed by atoms with van der Waals surface area (Å²) in [6.45, 7) is 5.85. The van der Waals surface area contributed by atoms with E-state index >= 15 is 0 Å². The van der Waals surface area contributed by atoms with Crippen LogP contribution in [0.5, 0.6) is 5.75 Å². The van der Waals surface area contributed by atoms with Crippen LogP contribution in [0, 0.1) is 0 Å². The molecule has 192 valence electrons. The fourth-order valence-corrected chi connectivity index (χ4v) is 5.33. The number of benzene rings is 3. The van der Waals surface area contributed by atoms with Crippen molar-refractivity contribution in [2.24, 2.45) is 0 Å². The molecular formula is C31H35N3O3. The lowest BCUT2D eigenvalue weighted by Crippen LogP contribution is -2.51. The first-order chi connectivity index (χ1) is 18.0. The van der Waals surface area contributed by atoms with Crippen LogP contribution in [0.15, 0.2) is 78.9 Å². The molecule has 2 atom stereocenters. The Morgan fingerprint density at radius 2 is 1.57 bits per heavy atom. The zero-order valence-corrected chi connectivity index (χ0v) is 21.7. The monoisotopic (exact) mass is 497 g/mol. The van der Waals surface area contributed by atoms with Crippen molar-refractivity contribution in [2.75, 3.05) is 39.8 Å². The smallest absolute Gasteiger partial charge is 0.263 e. The van der Waals surface area contributed by atoms with Gasteiger partial charge in [0, 0.05) is 38.3 Å². The number of nitrogens with zero attached hydrogens (tertiary/aromatic N) is 3. The summed E-state index contributed by atoms with van der Waals surface area (Å²) in [6.07, 6.45) is 0.847. The van der Waals surface area contributed by atoms with E-state index in [0.29, 0.717) is 24.3 Å². The number of amides is 2. The Labute approximate surface area is 219 Å². The Hall–Kier alpha value is -3.64. The molecule has 5 rings (SSSR count). The van der Waals surface area contributed by atoms with E-state index in [2.05, 4.69) is 30.1 Å². The van der Waals surface area contributed by atoms with Crippen LogP contribution in [0.2, 0.25) is 0 Å². The Bertz CT molecular complexity index is 1220.